The number of amides is 1. The van der Waals surface area contributed by atoms with E-state index in [-0.39, 0.29) is 11.6 Å². The summed E-state index contributed by atoms with van der Waals surface area (Å²) in [6.45, 7) is 1.50. The molecule has 0 radical (unpaired) electrons. The van der Waals surface area contributed by atoms with Gasteiger partial charge in [0.1, 0.15) is 24.8 Å². The lowest BCUT2D eigenvalue weighted by Crippen LogP contribution is -2.17. The van der Waals surface area contributed by atoms with Gasteiger partial charge in [-0.2, -0.15) is 0 Å². The predicted molar refractivity (Wildman–Crippen MR) is 93.5 cm³/mol. The van der Waals surface area contributed by atoms with Crippen LogP contribution in [0.25, 0.3) is 0 Å². The summed E-state index contributed by atoms with van der Waals surface area (Å²) in [5, 5.41) is 13.8. The van der Waals surface area contributed by atoms with Gasteiger partial charge in [0.25, 0.3) is 5.91 Å². The Morgan fingerprint density at radius 1 is 1.04 bits per heavy atom. The Kier molecular flexibility index (Phi) is 4.38. The van der Waals surface area contributed by atoms with E-state index in [4.69, 9.17) is 13.9 Å². The number of benzene rings is 1. The van der Waals surface area contributed by atoms with Gasteiger partial charge < -0.3 is 24.5 Å². The number of carbonyl (C=O) groups excluding carboxylic acids is 1. The molecule has 0 bridgehead atoms. The number of nitrogens with one attached hydrogen (secondary N) is 2. The van der Waals surface area contributed by atoms with Crippen LogP contribution in [0, 0.1) is 0 Å². The normalized spacial score (nSPS) is 12.5. The second-order valence-electron chi connectivity index (χ2n) is 5.55. The van der Waals surface area contributed by atoms with Gasteiger partial charge in [0.2, 0.25) is 0 Å². The topological polar surface area (TPSA) is 98.5 Å². The molecule has 3 heterocycles. The summed E-state index contributed by atoms with van der Waals surface area (Å²) < 4.78 is 16.2. The molecule has 2 N–H and O–H groups in total. The molecule has 0 saturated carbocycles. The average molecular weight is 352 g/mol. The van der Waals surface area contributed by atoms with Gasteiger partial charge in [-0.3, -0.25) is 4.79 Å². The molecule has 8 nitrogen and oxygen atoms in total. The smallest absolute Gasteiger partial charge is 0.276 e. The summed E-state index contributed by atoms with van der Waals surface area (Å²) in [6, 6.07) is 12.2. The Hall–Kier alpha value is -3.55. The Balaban J connectivity index is 1.38. The van der Waals surface area contributed by atoms with E-state index in [1.807, 2.05) is 12.1 Å². The van der Waals surface area contributed by atoms with Crippen molar-refractivity contribution in [2.75, 3.05) is 23.8 Å². The van der Waals surface area contributed by atoms with Gasteiger partial charge in [-0.05, 0) is 36.4 Å². The number of hydrogen-bond donors (Lipinski definition) is 2. The molecule has 26 heavy (non-hydrogen) atoms. The van der Waals surface area contributed by atoms with Gasteiger partial charge in [-0.25, -0.2) is 0 Å². The van der Waals surface area contributed by atoms with E-state index in [0.29, 0.717) is 42.8 Å². The van der Waals surface area contributed by atoms with Crippen molar-refractivity contribution in [2.24, 2.45) is 0 Å². The highest BCUT2D eigenvalue weighted by Crippen LogP contribution is 2.32. The third-order valence-electron chi connectivity index (χ3n) is 3.72. The molecular weight excluding hydrogens is 336 g/mol. The van der Waals surface area contributed by atoms with Crippen LogP contribution in [-0.2, 0) is 6.54 Å². The van der Waals surface area contributed by atoms with Gasteiger partial charge in [-0.1, -0.05) is 0 Å². The van der Waals surface area contributed by atoms with E-state index in [2.05, 4.69) is 20.8 Å². The van der Waals surface area contributed by atoms with Gasteiger partial charge in [0.15, 0.2) is 17.2 Å². The fraction of sp³-hybridized carbons (Fsp3) is 0.167. The number of hydrogen-bond acceptors (Lipinski definition) is 7. The van der Waals surface area contributed by atoms with E-state index in [9.17, 15) is 4.79 Å². The third-order valence-corrected chi connectivity index (χ3v) is 3.72. The summed E-state index contributed by atoms with van der Waals surface area (Å²) >= 11 is 0. The lowest BCUT2D eigenvalue weighted by molar-refractivity contribution is 0.102. The molecule has 0 unspecified atom stereocenters. The molecule has 0 saturated heterocycles. The first kappa shape index (κ1) is 15.9. The molecule has 0 fully saturated rings. The predicted octanol–water partition coefficient (Wildman–Crippen LogP) is 2.71. The van der Waals surface area contributed by atoms with Crippen molar-refractivity contribution in [2.45, 2.75) is 6.54 Å². The largest absolute Gasteiger partial charge is 0.486 e. The second-order valence-corrected chi connectivity index (χ2v) is 5.55. The van der Waals surface area contributed by atoms with E-state index in [0.717, 1.165) is 5.76 Å². The molecule has 132 valence electrons. The maximum Gasteiger partial charge on any atom is 0.276 e. The second kappa shape index (κ2) is 7.14. The average Bonchev–Trinajstić information content (AvgIpc) is 3.20. The fourth-order valence-electron chi connectivity index (χ4n) is 2.45. The minimum absolute atomic E-state index is 0.212. The molecule has 0 atom stereocenters. The highest BCUT2D eigenvalue weighted by molar-refractivity contribution is 6.02. The lowest BCUT2D eigenvalue weighted by atomic mass is 10.2. The molecule has 1 amide bonds. The summed E-state index contributed by atoms with van der Waals surface area (Å²) in [5.41, 5.74) is 0.810. The standard InChI is InChI=1S/C18H16N4O4/c23-18(20-12-3-5-15-16(10-12)26-9-8-25-15)14-4-6-17(22-21-14)19-11-13-2-1-7-24-13/h1-7,10H,8-9,11H2,(H,19,22)(H,20,23). The van der Waals surface area contributed by atoms with Crippen molar-refractivity contribution in [3.8, 4) is 11.5 Å². The molecule has 8 heteroatoms. The molecule has 3 aromatic rings. The number of carbonyl (C=O) groups is 1. The molecule has 0 spiro atoms. The number of anilines is 2. The minimum atomic E-state index is -0.355. The molecule has 1 aliphatic rings. The maximum atomic E-state index is 12.3. The number of nitrogens with zero attached hydrogens (tertiary/aromatic N) is 2. The minimum Gasteiger partial charge on any atom is -0.486 e. The summed E-state index contributed by atoms with van der Waals surface area (Å²) in [5.74, 6) is 2.26. The van der Waals surface area contributed by atoms with E-state index in [1.165, 1.54) is 0 Å². The molecule has 1 aromatic carbocycles. The molecule has 4 rings (SSSR count). The first-order valence-electron chi connectivity index (χ1n) is 8.09. The Morgan fingerprint density at radius 2 is 1.92 bits per heavy atom. The van der Waals surface area contributed by atoms with Crippen molar-refractivity contribution in [1.82, 2.24) is 10.2 Å². The van der Waals surface area contributed by atoms with Crippen LogP contribution < -0.4 is 20.1 Å². The monoisotopic (exact) mass is 352 g/mol. The Bertz CT molecular complexity index is 894. The number of aromatic nitrogens is 2. The SMILES string of the molecule is O=C(Nc1ccc2c(c1)OCCO2)c1ccc(NCc2ccco2)nn1. The van der Waals surface area contributed by atoms with Crippen molar-refractivity contribution in [1.29, 1.82) is 0 Å². The Labute approximate surface area is 149 Å². The van der Waals surface area contributed by atoms with Gasteiger partial charge in [0, 0.05) is 11.8 Å². The zero-order valence-electron chi connectivity index (χ0n) is 13.8. The zero-order chi connectivity index (χ0) is 17.8. The summed E-state index contributed by atoms with van der Waals surface area (Å²) in [4.78, 5) is 12.3. The summed E-state index contributed by atoms with van der Waals surface area (Å²) in [7, 11) is 0. The first-order chi connectivity index (χ1) is 12.8. The van der Waals surface area contributed by atoms with E-state index >= 15 is 0 Å². The van der Waals surface area contributed by atoms with Crippen molar-refractivity contribution in [3.63, 3.8) is 0 Å². The van der Waals surface area contributed by atoms with Crippen LogP contribution in [0.15, 0.2) is 53.1 Å². The third kappa shape index (κ3) is 3.59. The number of furan rings is 1. The highest BCUT2D eigenvalue weighted by atomic mass is 16.6. The van der Waals surface area contributed by atoms with E-state index in [1.54, 1.807) is 36.6 Å². The van der Waals surface area contributed by atoms with Gasteiger partial charge in [-0.15, -0.1) is 10.2 Å². The molecule has 1 aliphatic heterocycles. The van der Waals surface area contributed by atoms with Crippen LogP contribution in [0.1, 0.15) is 16.2 Å². The van der Waals surface area contributed by atoms with Crippen molar-refractivity contribution in [3.05, 3.63) is 60.2 Å². The van der Waals surface area contributed by atoms with Crippen LogP contribution in [0.5, 0.6) is 11.5 Å². The van der Waals surface area contributed by atoms with Crippen LogP contribution >= 0.6 is 0 Å². The van der Waals surface area contributed by atoms with Gasteiger partial charge in [0.05, 0.1) is 12.8 Å². The summed E-state index contributed by atoms with van der Waals surface area (Å²) in [6.07, 6.45) is 1.61. The van der Waals surface area contributed by atoms with Crippen LogP contribution in [0.2, 0.25) is 0 Å². The molecular formula is C18H16N4O4. The van der Waals surface area contributed by atoms with Gasteiger partial charge >= 0.3 is 0 Å². The quantitative estimate of drug-likeness (QED) is 0.728. The lowest BCUT2D eigenvalue weighted by Gasteiger charge is -2.18. The number of rotatable bonds is 5. The zero-order valence-corrected chi connectivity index (χ0v) is 13.8. The Morgan fingerprint density at radius 3 is 2.69 bits per heavy atom. The highest BCUT2D eigenvalue weighted by Gasteiger charge is 2.14. The first-order valence-corrected chi connectivity index (χ1v) is 8.09. The van der Waals surface area contributed by atoms with Crippen LogP contribution in [0.3, 0.4) is 0 Å². The van der Waals surface area contributed by atoms with Crippen molar-refractivity contribution < 1.29 is 18.7 Å². The fourth-order valence-corrected chi connectivity index (χ4v) is 2.45. The maximum absolute atomic E-state index is 12.3. The number of ether oxygens (including phenoxy) is 2. The molecule has 2 aromatic heterocycles. The van der Waals surface area contributed by atoms with Crippen LogP contribution in [0.4, 0.5) is 11.5 Å². The van der Waals surface area contributed by atoms with Crippen molar-refractivity contribution >= 4 is 17.4 Å². The molecule has 0 aliphatic carbocycles. The van der Waals surface area contributed by atoms with Crippen LogP contribution in [-0.4, -0.2) is 29.3 Å². The van der Waals surface area contributed by atoms with E-state index < -0.39 is 0 Å². The number of fused-ring (bicyclic) bond motifs is 1.